The monoisotopic (exact) mass is 285 g/mol. The molecule has 1 aromatic carbocycles. The third kappa shape index (κ3) is 4.63. The molecule has 0 atom stereocenters. The molecule has 0 aliphatic rings. The Hall–Kier alpha value is -2.30. The molecule has 0 unspecified atom stereocenters. The highest BCUT2D eigenvalue weighted by Crippen LogP contribution is 2.08. The number of guanidine groups is 1. The van der Waals surface area contributed by atoms with Gasteiger partial charge in [-0.05, 0) is 29.7 Å². The van der Waals surface area contributed by atoms with E-state index < -0.39 is 0 Å². The molecule has 0 amide bonds. The normalized spacial score (nSPS) is 11.7. The average Bonchev–Trinajstić information content (AvgIpc) is 3.02. The van der Waals surface area contributed by atoms with E-state index in [-0.39, 0.29) is 0 Å². The number of nitrogens with zero attached hydrogens (tertiary/aromatic N) is 3. The molecule has 0 saturated carbocycles. The molecule has 0 saturated heterocycles. The molecule has 5 nitrogen and oxygen atoms in total. The average molecular weight is 285 g/mol. The molecule has 112 valence electrons. The van der Waals surface area contributed by atoms with Crippen LogP contribution >= 0.6 is 0 Å². The number of rotatable bonds is 5. The molecule has 0 spiro atoms. The second-order valence-electron chi connectivity index (χ2n) is 5.32. The van der Waals surface area contributed by atoms with Crippen LogP contribution in [0.5, 0.6) is 0 Å². The highest BCUT2D eigenvalue weighted by molar-refractivity contribution is 5.79. The zero-order chi connectivity index (χ0) is 15.1. The quantitative estimate of drug-likeness (QED) is 0.654. The number of hydrogen-bond acceptors (Lipinski definition) is 2. The molecule has 0 radical (unpaired) electrons. The van der Waals surface area contributed by atoms with Crippen LogP contribution < -0.4 is 10.6 Å². The summed E-state index contributed by atoms with van der Waals surface area (Å²) in [4.78, 5) is 4.21. The van der Waals surface area contributed by atoms with Crippen LogP contribution in [-0.4, -0.2) is 29.3 Å². The van der Waals surface area contributed by atoms with Gasteiger partial charge < -0.3 is 10.6 Å². The summed E-state index contributed by atoms with van der Waals surface area (Å²) in [5.74, 6) is 1.43. The Bertz CT molecular complexity index is 555. The summed E-state index contributed by atoms with van der Waals surface area (Å²) in [6, 6.07) is 10.2. The molecule has 5 heteroatoms. The molecule has 2 aromatic rings. The summed E-state index contributed by atoms with van der Waals surface area (Å²) in [7, 11) is 1.79. The van der Waals surface area contributed by atoms with Gasteiger partial charge >= 0.3 is 0 Å². The van der Waals surface area contributed by atoms with Crippen LogP contribution in [0, 0.1) is 5.92 Å². The number of aliphatic imine (C=N–C) groups is 1. The first-order valence-corrected chi connectivity index (χ1v) is 7.22. The van der Waals surface area contributed by atoms with Crippen molar-refractivity contribution in [3.8, 4) is 5.69 Å². The first-order valence-electron chi connectivity index (χ1n) is 7.22. The minimum absolute atomic E-state index is 0.594. The summed E-state index contributed by atoms with van der Waals surface area (Å²) >= 11 is 0. The molecule has 0 fully saturated rings. The van der Waals surface area contributed by atoms with E-state index in [9.17, 15) is 0 Å². The summed E-state index contributed by atoms with van der Waals surface area (Å²) in [5, 5.41) is 10.8. The fraction of sp³-hybridized carbons (Fsp3) is 0.375. The lowest BCUT2D eigenvalue weighted by Crippen LogP contribution is -2.38. The van der Waals surface area contributed by atoms with Gasteiger partial charge in [0.2, 0.25) is 0 Å². The molecule has 0 bridgehead atoms. The van der Waals surface area contributed by atoms with E-state index >= 15 is 0 Å². The Morgan fingerprint density at radius 1 is 1.24 bits per heavy atom. The third-order valence-corrected chi connectivity index (χ3v) is 3.07. The fourth-order valence-electron chi connectivity index (χ4n) is 1.90. The van der Waals surface area contributed by atoms with Crippen LogP contribution in [0.25, 0.3) is 5.69 Å². The SMILES string of the molecule is CN=C(NCc1ccc(-n2cccn2)cc1)NCC(C)C. The maximum absolute atomic E-state index is 4.22. The van der Waals surface area contributed by atoms with Crippen LogP contribution in [0.4, 0.5) is 0 Å². The predicted molar refractivity (Wildman–Crippen MR) is 86.6 cm³/mol. The minimum Gasteiger partial charge on any atom is -0.356 e. The van der Waals surface area contributed by atoms with Crippen molar-refractivity contribution in [3.05, 3.63) is 48.3 Å². The van der Waals surface area contributed by atoms with Gasteiger partial charge in [0.1, 0.15) is 0 Å². The van der Waals surface area contributed by atoms with Crippen LogP contribution in [0.1, 0.15) is 19.4 Å². The zero-order valence-electron chi connectivity index (χ0n) is 12.9. The van der Waals surface area contributed by atoms with Crippen LogP contribution in [-0.2, 0) is 6.54 Å². The molecule has 1 heterocycles. The topological polar surface area (TPSA) is 54.2 Å². The number of benzene rings is 1. The number of hydrogen-bond donors (Lipinski definition) is 2. The van der Waals surface area contributed by atoms with Gasteiger partial charge in [-0.3, -0.25) is 4.99 Å². The van der Waals surface area contributed by atoms with E-state index in [1.807, 2.05) is 16.9 Å². The van der Waals surface area contributed by atoms with Crippen molar-refractivity contribution in [3.63, 3.8) is 0 Å². The van der Waals surface area contributed by atoms with E-state index in [0.717, 1.165) is 24.7 Å². The second-order valence-corrected chi connectivity index (χ2v) is 5.32. The van der Waals surface area contributed by atoms with Crippen molar-refractivity contribution < 1.29 is 0 Å². The van der Waals surface area contributed by atoms with Gasteiger partial charge in [0.15, 0.2) is 5.96 Å². The summed E-state index contributed by atoms with van der Waals surface area (Å²) in [6.45, 7) is 6.01. The van der Waals surface area contributed by atoms with Crippen LogP contribution in [0.2, 0.25) is 0 Å². The first-order chi connectivity index (χ1) is 10.2. The third-order valence-electron chi connectivity index (χ3n) is 3.07. The number of nitrogens with one attached hydrogen (secondary N) is 2. The van der Waals surface area contributed by atoms with E-state index in [0.29, 0.717) is 5.92 Å². The smallest absolute Gasteiger partial charge is 0.191 e. The highest BCUT2D eigenvalue weighted by atomic mass is 15.3. The predicted octanol–water partition coefficient (Wildman–Crippen LogP) is 2.19. The molecule has 0 aliphatic heterocycles. The van der Waals surface area contributed by atoms with Gasteiger partial charge in [0, 0.05) is 32.5 Å². The second kappa shape index (κ2) is 7.47. The van der Waals surface area contributed by atoms with Gasteiger partial charge in [0.25, 0.3) is 0 Å². The van der Waals surface area contributed by atoms with Gasteiger partial charge in [-0.15, -0.1) is 0 Å². The Morgan fingerprint density at radius 2 is 2.00 bits per heavy atom. The maximum Gasteiger partial charge on any atom is 0.191 e. The van der Waals surface area contributed by atoms with Gasteiger partial charge in [-0.1, -0.05) is 26.0 Å². The summed E-state index contributed by atoms with van der Waals surface area (Å²) < 4.78 is 1.85. The fourth-order valence-corrected chi connectivity index (χ4v) is 1.90. The van der Waals surface area contributed by atoms with Gasteiger partial charge in [-0.25, -0.2) is 4.68 Å². The van der Waals surface area contributed by atoms with Crippen molar-refractivity contribution in [2.75, 3.05) is 13.6 Å². The maximum atomic E-state index is 4.22. The lowest BCUT2D eigenvalue weighted by atomic mass is 10.2. The Morgan fingerprint density at radius 3 is 2.57 bits per heavy atom. The van der Waals surface area contributed by atoms with Crippen molar-refractivity contribution in [1.29, 1.82) is 0 Å². The van der Waals surface area contributed by atoms with Gasteiger partial charge in [-0.2, -0.15) is 5.10 Å². The Labute approximate surface area is 126 Å². The number of aromatic nitrogens is 2. The van der Waals surface area contributed by atoms with Crippen molar-refractivity contribution >= 4 is 5.96 Å². The lowest BCUT2D eigenvalue weighted by Gasteiger charge is -2.13. The summed E-state index contributed by atoms with van der Waals surface area (Å²) in [5.41, 5.74) is 2.27. The Balaban J connectivity index is 1.88. The van der Waals surface area contributed by atoms with E-state index in [4.69, 9.17) is 0 Å². The van der Waals surface area contributed by atoms with E-state index in [2.05, 4.69) is 58.8 Å². The molecular formula is C16H23N5. The van der Waals surface area contributed by atoms with Crippen molar-refractivity contribution in [1.82, 2.24) is 20.4 Å². The molecule has 2 rings (SSSR count). The van der Waals surface area contributed by atoms with E-state index in [1.54, 1.807) is 13.2 Å². The minimum atomic E-state index is 0.594. The summed E-state index contributed by atoms with van der Waals surface area (Å²) in [6.07, 6.45) is 3.71. The zero-order valence-corrected chi connectivity index (χ0v) is 12.9. The van der Waals surface area contributed by atoms with E-state index in [1.165, 1.54) is 5.56 Å². The first kappa shape index (κ1) is 15.1. The van der Waals surface area contributed by atoms with Crippen LogP contribution in [0.15, 0.2) is 47.7 Å². The molecular weight excluding hydrogens is 262 g/mol. The molecule has 0 aliphatic carbocycles. The van der Waals surface area contributed by atoms with Crippen LogP contribution in [0.3, 0.4) is 0 Å². The molecule has 2 N–H and O–H groups in total. The van der Waals surface area contributed by atoms with Crippen molar-refractivity contribution in [2.45, 2.75) is 20.4 Å². The lowest BCUT2D eigenvalue weighted by molar-refractivity contribution is 0.614. The molecule has 1 aromatic heterocycles. The standard InChI is InChI=1S/C16H23N5/c1-13(2)11-18-16(17-3)19-12-14-5-7-15(8-6-14)21-10-4-9-20-21/h4-10,13H,11-12H2,1-3H3,(H2,17,18,19). The van der Waals surface area contributed by atoms with Crippen molar-refractivity contribution in [2.24, 2.45) is 10.9 Å². The molecule has 21 heavy (non-hydrogen) atoms. The highest BCUT2D eigenvalue weighted by Gasteiger charge is 2.01. The Kier molecular flexibility index (Phi) is 5.37. The van der Waals surface area contributed by atoms with Gasteiger partial charge in [0.05, 0.1) is 5.69 Å². The largest absolute Gasteiger partial charge is 0.356 e.